The quantitative estimate of drug-likeness (QED) is 0.353. The minimum Gasteiger partial charge on any atom is -0.431 e. The van der Waals surface area contributed by atoms with E-state index in [2.05, 4.69) is 6.58 Å². The largest absolute Gasteiger partial charge is 0.431 e. The fourth-order valence-electron chi connectivity index (χ4n) is 0.574. The van der Waals surface area contributed by atoms with Crippen LogP contribution in [0.15, 0.2) is 24.5 Å². The molecule has 0 aliphatic heterocycles. The topological polar surface area (TPSA) is 26.3 Å². The summed E-state index contributed by atoms with van der Waals surface area (Å²) in [5, 5.41) is 0. The molecule has 2 nitrogen and oxygen atoms in total. The van der Waals surface area contributed by atoms with Crippen molar-refractivity contribution in [2.75, 3.05) is 0 Å². The van der Waals surface area contributed by atoms with Crippen LogP contribution >= 0.6 is 0 Å². The summed E-state index contributed by atoms with van der Waals surface area (Å²) in [6, 6.07) is 0. The number of carbonyl (C=O) groups excluding carboxylic acids is 1. The van der Waals surface area contributed by atoms with Gasteiger partial charge in [0.15, 0.2) is 0 Å². The first-order valence-corrected chi connectivity index (χ1v) is 3.76. The molecule has 0 saturated carbocycles. The van der Waals surface area contributed by atoms with Crippen molar-refractivity contribution in [2.24, 2.45) is 0 Å². The van der Waals surface area contributed by atoms with Gasteiger partial charge in [-0.1, -0.05) is 26.5 Å². The van der Waals surface area contributed by atoms with E-state index in [1.54, 1.807) is 19.1 Å². The number of carbonyl (C=O) groups is 1. The van der Waals surface area contributed by atoms with Gasteiger partial charge in [0, 0.05) is 12.8 Å². The second kappa shape index (κ2) is 5.71. The van der Waals surface area contributed by atoms with Gasteiger partial charge in [-0.25, -0.2) is 0 Å². The van der Waals surface area contributed by atoms with E-state index in [4.69, 9.17) is 4.74 Å². The SMILES string of the molecule is C=C/C=C(/CC)OC(=O)CC. The Morgan fingerprint density at radius 3 is 2.45 bits per heavy atom. The molecule has 0 N–H and O–H groups in total. The Bertz CT molecular complexity index is 168. The van der Waals surface area contributed by atoms with Crippen LogP contribution in [0.5, 0.6) is 0 Å². The molecule has 0 radical (unpaired) electrons. The molecule has 0 aromatic rings. The molecule has 0 saturated heterocycles. The Morgan fingerprint density at radius 2 is 2.09 bits per heavy atom. The summed E-state index contributed by atoms with van der Waals surface area (Å²) in [5.74, 6) is 0.479. The number of esters is 1. The molecular weight excluding hydrogens is 140 g/mol. The highest BCUT2D eigenvalue weighted by Gasteiger charge is 2.00. The van der Waals surface area contributed by atoms with Gasteiger partial charge >= 0.3 is 5.97 Å². The molecule has 0 aliphatic carbocycles. The van der Waals surface area contributed by atoms with Gasteiger partial charge in [0.25, 0.3) is 0 Å². The first-order valence-electron chi connectivity index (χ1n) is 3.76. The maximum atomic E-state index is 10.8. The molecule has 0 aliphatic rings. The number of allylic oxidation sites excluding steroid dienone is 3. The minimum absolute atomic E-state index is 0.194. The summed E-state index contributed by atoms with van der Waals surface area (Å²) >= 11 is 0. The molecule has 0 unspecified atom stereocenters. The molecule has 0 aromatic carbocycles. The Kier molecular flexibility index (Phi) is 5.17. The van der Waals surface area contributed by atoms with Crippen LogP contribution in [-0.2, 0) is 9.53 Å². The molecule has 0 heterocycles. The molecule has 0 fully saturated rings. The zero-order chi connectivity index (χ0) is 8.69. The number of hydrogen-bond donors (Lipinski definition) is 0. The van der Waals surface area contributed by atoms with Crippen molar-refractivity contribution in [3.63, 3.8) is 0 Å². The van der Waals surface area contributed by atoms with Crippen molar-refractivity contribution < 1.29 is 9.53 Å². The lowest BCUT2D eigenvalue weighted by molar-refractivity contribution is -0.139. The van der Waals surface area contributed by atoms with Crippen molar-refractivity contribution in [3.8, 4) is 0 Å². The maximum Gasteiger partial charge on any atom is 0.310 e. The van der Waals surface area contributed by atoms with Crippen LogP contribution in [0.3, 0.4) is 0 Å². The van der Waals surface area contributed by atoms with E-state index in [9.17, 15) is 4.79 Å². The van der Waals surface area contributed by atoms with Gasteiger partial charge in [-0.05, 0) is 6.08 Å². The Morgan fingerprint density at radius 1 is 1.45 bits per heavy atom. The molecule has 0 atom stereocenters. The fourth-order valence-corrected chi connectivity index (χ4v) is 0.574. The van der Waals surface area contributed by atoms with Gasteiger partial charge in [-0.2, -0.15) is 0 Å². The minimum atomic E-state index is -0.194. The Balaban J connectivity index is 3.97. The molecule has 0 amide bonds. The molecule has 62 valence electrons. The molecule has 2 heteroatoms. The molecule has 0 aromatic heterocycles. The average molecular weight is 154 g/mol. The third kappa shape index (κ3) is 4.37. The zero-order valence-electron chi connectivity index (χ0n) is 7.09. The van der Waals surface area contributed by atoms with E-state index >= 15 is 0 Å². The lowest BCUT2D eigenvalue weighted by atomic mass is 10.3. The van der Waals surface area contributed by atoms with Crippen LogP contribution < -0.4 is 0 Å². The first kappa shape index (κ1) is 9.95. The van der Waals surface area contributed by atoms with Gasteiger partial charge in [-0.3, -0.25) is 4.79 Å². The van der Waals surface area contributed by atoms with Crippen molar-refractivity contribution in [1.29, 1.82) is 0 Å². The molecule has 0 rings (SSSR count). The number of hydrogen-bond acceptors (Lipinski definition) is 2. The molecular formula is C9H14O2. The summed E-state index contributed by atoms with van der Waals surface area (Å²) in [6.45, 7) is 7.21. The van der Waals surface area contributed by atoms with Gasteiger partial charge in [0.1, 0.15) is 5.76 Å². The van der Waals surface area contributed by atoms with Crippen molar-refractivity contribution >= 4 is 5.97 Å². The normalized spacial score (nSPS) is 10.9. The molecule has 11 heavy (non-hydrogen) atoms. The zero-order valence-corrected chi connectivity index (χ0v) is 7.09. The first-order chi connectivity index (χ1) is 5.24. The average Bonchev–Trinajstić information content (AvgIpc) is 2.03. The summed E-state index contributed by atoms with van der Waals surface area (Å²) in [4.78, 5) is 10.8. The lowest BCUT2D eigenvalue weighted by Gasteiger charge is -2.03. The second-order valence-corrected chi connectivity index (χ2v) is 2.05. The van der Waals surface area contributed by atoms with E-state index < -0.39 is 0 Å². The third-order valence-corrected chi connectivity index (χ3v) is 1.19. The third-order valence-electron chi connectivity index (χ3n) is 1.19. The summed E-state index contributed by atoms with van der Waals surface area (Å²) in [7, 11) is 0. The highest BCUT2D eigenvalue weighted by atomic mass is 16.5. The summed E-state index contributed by atoms with van der Waals surface area (Å²) in [6.07, 6.45) is 4.45. The van der Waals surface area contributed by atoms with Gasteiger partial charge in [0.05, 0.1) is 0 Å². The van der Waals surface area contributed by atoms with Gasteiger partial charge < -0.3 is 4.74 Å². The predicted molar refractivity (Wildman–Crippen MR) is 45.0 cm³/mol. The van der Waals surface area contributed by atoms with Crippen LogP contribution in [0, 0.1) is 0 Å². The van der Waals surface area contributed by atoms with Gasteiger partial charge in [0.2, 0.25) is 0 Å². The van der Waals surface area contributed by atoms with Crippen LogP contribution in [0.1, 0.15) is 26.7 Å². The van der Waals surface area contributed by atoms with E-state index in [-0.39, 0.29) is 5.97 Å². The second-order valence-electron chi connectivity index (χ2n) is 2.05. The smallest absolute Gasteiger partial charge is 0.310 e. The molecule has 0 spiro atoms. The highest BCUT2D eigenvalue weighted by Crippen LogP contribution is 2.04. The monoisotopic (exact) mass is 154 g/mol. The van der Waals surface area contributed by atoms with Crippen LogP contribution in [-0.4, -0.2) is 5.97 Å². The van der Waals surface area contributed by atoms with Crippen molar-refractivity contribution in [3.05, 3.63) is 24.5 Å². The highest BCUT2D eigenvalue weighted by molar-refractivity contribution is 5.70. The molecule has 0 bridgehead atoms. The Labute approximate surface area is 67.6 Å². The fraction of sp³-hybridized carbons (Fsp3) is 0.444. The summed E-state index contributed by atoms with van der Waals surface area (Å²) in [5.41, 5.74) is 0. The number of rotatable bonds is 4. The standard InChI is InChI=1S/C9H14O2/c1-4-7-8(5-2)11-9(10)6-3/h4,7H,1,5-6H2,2-3H3/b8-7-. The van der Waals surface area contributed by atoms with Crippen LogP contribution in [0.2, 0.25) is 0 Å². The van der Waals surface area contributed by atoms with Gasteiger partial charge in [-0.15, -0.1) is 0 Å². The van der Waals surface area contributed by atoms with Crippen LogP contribution in [0.25, 0.3) is 0 Å². The maximum absolute atomic E-state index is 10.8. The van der Waals surface area contributed by atoms with Crippen LogP contribution in [0.4, 0.5) is 0 Å². The van der Waals surface area contributed by atoms with E-state index in [0.29, 0.717) is 12.2 Å². The van der Waals surface area contributed by atoms with E-state index in [1.165, 1.54) is 0 Å². The summed E-state index contributed by atoms with van der Waals surface area (Å²) < 4.78 is 4.94. The van der Waals surface area contributed by atoms with E-state index in [0.717, 1.165) is 6.42 Å². The predicted octanol–water partition coefficient (Wildman–Crippen LogP) is 2.42. The lowest BCUT2D eigenvalue weighted by Crippen LogP contribution is -2.01. The van der Waals surface area contributed by atoms with E-state index in [1.807, 2.05) is 6.92 Å². The van der Waals surface area contributed by atoms with Crippen molar-refractivity contribution in [1.82, 2.24) is 0 Å². The number of ether oxygens (including phenoxy) is 1. The Hall–Kier alpha value is -1.05. The van der Waals surface area contributed by atoms with Crippen molar-refractivity contribution in [2.45, 2.75) is 26.7 Å².